The molecule has 0 spiro atoms. The van der Waals surface area contributed by atoms with Gasteiger partial charge in [-0.2, -0.15) is 0 Å². The molecule has 0 aromatic heterocycles. The Bertz CT molecular complexity index is 126. The molecule has 0 saturated heterocycles. The first-order valence-electron chi connectivity index (χ1n) is 4.28. The molecular weight excluding hydrogens is 156 g/mol. The standard InChI is InChI=1S/C8H18N2O2/c1-7(2)12-6-4-3-5-10-8(9)11/h7H,3-6H2,1-2H3,(H3,9,10,11). The molecule has 0 aliphatic heterocycles. The Hall–Kier alpha value is -0.770. The van der Waals surface area contributed by atoms with E-state index in [1.165, 1.54) is 0 Å². The van der Waals surface area contributed by atoms with Crippen molar-refractivity contribution < 1.29 is 9.53 Å². The van der Waals surface area contributed by atoms with E-state index in [1.54, 1.807) is 0 Å². The van der Waals surface area contributed by atoms with E-state index >= 15 is 0 Å². The van der Waals surface area contributed by atoms with Crippen LogP contribution in [0.5, 0.6) is 0 Å². The van der Waals surface area contributed by atoms with Gasteiger partial charge in [0.2, 0.25) is 0 Å². The van der Waals surface area contributed by atoms with E-state index in [-0.39, 0.29) is 6.10 Å². The number of unbranched alkanes of at least 4 members (excludes halogenated alkanes) is 1. The molecule has 0 bridgehead atoms. The molecule has 0 unspecified atom stereocenters. The summed E-state index contributed by atoms with van der Waals surface area (Å²) in [5, 5.41) is 2.52. The van der Waals surface area contributed by atoms with Gasteiger partial charge in [-0.15, -0.1) is 0 Å². The lowest BCUT2D eigenvalue weighted by atomic mass is 10.3. The number of ether oxygens (including phenoxy) is 1. The molecule has 2 amide bonds. The second kappa shape index (κ2) is 6.91. The highest BCUT2D eigenvalue weighted by molar-refractivity contribution is 5.71. The smallest absolute Gasteiger partial charge is 0.312 e. The molecule has 0 radical (unpaired) electrons. The van der Waals surface area contributed by atoms with Crippen LogP contribution >= 0.6 is 0 Å². The highest BCUT2D eigenvalue weighted by Gasteiger charge is 1.94. The van der Waals surface area contributed by atoms with Crippen molar-refractivity contribution in [2.75, 3.05) is 13.2 Å². The Labute approximate surface area is 73.5 Å². The zero-order chi connectivity index (χ0) is 9.40. The number of hydrogen-bond acceptors (Lipinski definition) is 2. The fourth-order valence-electron chi connectivity index (χ4n) is 0.758. The lowest BCUT2D eigenvalue weighted by Crippen LogP contribution is -2.30. The Morgan fingerprint density at radius 1 is 1.50 bits per heavy atom. The van der Waals surface area contributed by atoms with E-state index in [4.69, 9.17) is 10.5 Å². The van der Waals surface area contributed by atoms with Crippen molar-refractivity contribution in [2.24, 2.45) is 5.73 Å². The second-order valence-corrected chi connectivity index (χ2v) is 2.92. The number of primary amides is 1. The third kappa shape index (κ3) is 9.23. The number of carbonyl (C=O) groups is 1. The van der Waals surface area contributed by atoms with Crippen molar-refractivity contribution in [1.82, 2.24) is 5.32 Å². The maximum absolute atomic E-state index is 10.2. The van der Waals surface area contributed by atoms with Crippen molar-refractivity contribution >= 4 is 6.03 Å². The molecule has 0 saturated carbocycles. The minimum atomic E-state index is -0.459. The summed E-state index contributed by atoms with van der Waals surface area (Å²) in [7, 11) is 0. The topological polar surface area (TPSA) is 64.3 Å². The quantitative estimate of drug-likeness (QED) is 0.586. The van der Waals surface area contributed by atoms with Crippen LogP contribution in [0.3, 0.4) is 0 Å². The summed E-state index contributed by atoms with van der Waals surface area (Å²) in [6, 6.07) is -0.459. The molecule has 4 nitrogen and oxygen atoms in total. The number of amides is 2. The highest BCUT2D eigenvalue weighted by Crippen LogP contribution is 1.92. The van der Waals surface area contributed by atoms with Gasteiger partial charge in [-0.05, 0) is 26.7 Å². The summed E-state index contributed by atoms with van der Waals surface area (Å²) < 4.78 is 5.30. The zero-order valence-electron chi connectivity index (χ0n) is 7.80. The number of urea groups is 1. The van der Waals surface area contributed by atoms with Crippen LogP contribution in [0.25, 0.3) is 0 Å². The van der Waals surface area contributed by atoms with E-state index in [9.17, 15) is 4.79 Å². The first-order valence-corrected chi connectivity index (χ1v) is 4.28. The van der Waals surface area contributed by atoms with Crippen molar-refractivity contribution in [3.8, 4) is 0 Å². The minimum absolute atomic E-state index is 0.286. The van der Waals surface area contributed by atoms with Gasteiger partial charge in [0.15, 0.2) is 0 Å². The molecule has 0 rings (SSSR count). The van der Waals surface area contributed by atoms with Gasteiger partial charge in [-0.25, -0.2) is 4.79 Å². The lowest BCUT2D eigenvalue weighted by molar-refractivity contribution is 0.0761. The molecule has 3 N–H and O–H groups in total. The number of carbonyl (C=O) groups excluding carboxylic acids is 1. The molecule has 0 fully saturated rings. The fourth-order valence-corrected chi connectivity index (χ4v) is 0.758. The van der Waals surface area contributed by atoms with Crippen LogP contribution in [-0.4, -0.2) is 25.3 Å². The summed E-state index contributed by atoms with van der Waals surface area (Å²) in [5.74, 6) is 0. The maximum atomic E-state index is 10.2. The summed E-state index contributed by atoms with van der Waals surface area (Å²) in [4.78, 5) is 10.2. The molecular formula is C8H18N2O2. The van der Waals surface area contributed by atoms with Crippen LogP contribution in [0.2, 0.25) is 0 Å². The van der Waals surface area contributed by atoms with Crippen LogP contribution in [0.4, 0.5) is 4.79 Å². The predicted octanol–water partition coefficient (Wildman–Crippen LogP) is 0.860. The van der Waals surface area contributed by atoms with Crippen molar-refractivity contribution in [2.45, 2.75) is 32.8 Å². The van der Waals surface area contributed by atoms with E-state index < -0.39 is 6.03 Å². The Morgan fingerprint density at radius 3 is 2.67 bits per heavy atom. The van der Waals surface area contributed by atoms with E-state index in [0.717, 1.165) is 19.4 Å². The van der Waals surface area contributed by atoms with Gasteiger partial charge in [0.1, 0.15) is 0 Å². The van der Waals surface area contributed by atoms with Gasteiger partial charge < -0.3 is 15.8 Å². The maximum Gasteiger partial charge on any atom is 0.312 e. The Balaban J connectivity index is 2.96. The average Bonchev–Trinajstić information content (AvgIpc) is 1.95. The van der Waals surface area contributed by atoms with E-state index in [1.807, 2.05) is 13.8 Å². The van der Waals surface area contributed by atoms with Crippen LogP contribution < -0.4 is 11.1 Å². The predicted molar refractivity (Wildman–Crippen MR) is 47.9 cm³/mol. The van der Waals surface area contributed by atoms with E-state index in [0.29, 0.717) is 6.54 Å². The first-order chi connectivity index (χ1) is 5.63. The first kappa shape index (κ1) is 11.2. The third-order valence-corrected chi connectivity index (χ3v) is 1.32. The van der Waals surface area contributed by atoms with Gasteiger partial charge >= 0.3 is 6.03 Å². The molecule has 12 heavy (non-hydrogen) atoms. The SMILES string of the molecule is CC(C)OCCCCNC(N)=O. The number of nitrogens with two attached hydrogens (primary N) is 1. The Kier molecular flexibility index (Phi) is 6.47. The molecule has 0 aliphatic carbocycles. The molecule has 0 heterocycles. The summed E-state index contributed by atoms with van der Waals surface area (Å²) in [6.07, 6.45) is 2.16. The van der Waals surface area contributed by atoms with Crippen LogP contribution in [0, 0.1) is 0 Å². The average molecular weight is 174 g/mol. The highest BCUT2D eigenvalue weighted by atomic mass is 16.5. The Morgan fingerprint density at radius 2 is 2.17 bits per heavy atom. The largest absolute Gasteiger partial charge is 0.379 e. The molecule has 0 aliphatic rings. The molecule has 0 atom stereocenters. The van der Waals surface area contributed by atoms with Crippen molar-refractivity contribution in [1.29, 1.82) is 0 Å². The summed E-state index contributed by atoms with van der Waals surface area (Å²) >= 11 is 0. The second-order valence-electron chi connectivity index (χ2n) is 2.92. The van der Waals surface area contributed by atoms with Gasteiger partial charge in [0.25, 0.3) is 0 Å². The number of rotatable bonds is 6. The van der Waals surface area contributed by atoms with Gasteiger partial charge in [0.05, 0.1) is 6.10 Å². The van der Waals surface area contributed by atoms with Gasteiger partial charge in [0, 0.05) is 13.2 Å². The number of hydrogen-bond donors (Lipinski definition) is 2. The fraction of sp³-hybridized carbons (Fsp3) is 0.875. The molecule has 0 aromatic carbocycles. The number of nitrogens with one attached hydrogen (secondary N) is 1. The molecule has 4 heteroatoms. The van der Waals surface area contributed by atoms with Gasteiger partial charge in [-0.1, -0.05) is 0 Å². The summed E-state index contributed by atoms with van der Waals surface area (Å²) in [5.41, 5.74) is 4.87. The lowest BCUT2D eigenvalue weighted by Gasteiger charge is -2.06. The third-order valence-electron chi connectivity index (χ3n) is 1.32. The van der Waals surface area contributed by atoms with Crippen LogP contribution in [-0.2, 0) is 4.74 Å². The van der Waals surface area contributed by atoms with Crippen LogP contribution in [0.15, 0.2) is 0 Å². The normalized spacial score (nSPS) is 10.2. The van der Waals surface area contributed by atoms with E-state index in [2.05, 4.69) is 5.32 Å². The molecule has 0 aromatic rings. The van der Waals surface area contributed by atoms with Crippen molar-refractivity contribution in [3.63, 3.8) is 0 Å². The van der Waals surface area contributed by atoms with Gasteiger partial charge in [-0.3, -0.25) is 0 Å². The van der Waals surface area contributed by atoms with Crippen LogP contribution in [0.1, 0.15) is 26.7 Å². The molecule has 72 valence electrons. The monoisotopic (exact) mass is 174 g/mol. The van der Waals surface area contributed by atoms with Crippen molar-refractivity contribution in [3.05, 3.63) is 0 Å². The zero-order valence-corrected chi connectivity index (χ0v) is 7.80. The minimum Gasteiger partial charge on any atom is -0.379 e. The summed E-state index contributed by atoms with van der Waals surface area (Å²) in [6.45, 7) is 5.39.